The summed E-state index contributed by atoms with van der Waals surface area (Å²) in [6, 6.07) is 10.2. The van der Waals surface area contributed by atoms with Gasteiger partial charge in [0.15, 0.2) is 8.32 Å². The van der Waals surface area contributed by atoms with Crippen molar-refractivity contribution < 1.29 is 14.3 Å². The predicted molar refractivity (Wildman–Crippen MR) is 111 cm³/mol. The maximum absolute atomic E-state index is 11.9. The topological polar surface area (TPSA) is 72.5 Å². The molecule has 5 heteroatoms. The Morgan fingerprint density at radius 3 is 2.15 bits per heavy atom. The number of hydrogen-bond donors (Lipinski definition) is 2. The summed E-state index contributed by atoms with van der Waals surface area (Å²) in [4.78, 5) is 11.9. The van der Waals surface area contributed by atoms with E-state index in [-0.39, 0.29) is 17.1 Å². The highest BCUT2D eigenvalue weighted by molar-refractivity contribution is 6.74. The fourth-order valence-electron chi connectivity index (χ4n) is 2.72. The molecule has 1 rings (SSSR count). The molecule has 1 aromatic rings. The minimum absolute atomic E-state index is 0.0658. The molecule has 0 saturated carbocycles. The highest BCUT2D eigenvalue weighted by atomic mass is 28.4. The second-order valence-electron chi connectivity index (χ2n) is 9.23. The maximum Gasteiger partial charge on any atom is 0.324 e. The Morgan fingerprint density at radius 2 is 1.73 bits per heavy atom. The lowest BCUT2D eigenvalue weighted by atomic mass is 9.81. The summed E-state index contributed by atoms with van der Waals surface area (Å²) < 4.78 is 6.62. The van der Waals surface area contributed by atoms with E-state index in [1.54, 1.807) is 0 Å². The lowest BCUT2D eigenvalue weighted by Gasteiger charge is -2.42. The van der Waals surface area contributed by atoms with E-state index >= 15 is 0 Å². The summed E-state index contributed by atoms with van der Waals surface area (Å²) in [6.45, 7) is 14.7. The third-order valence-corrected chi connectivity index (χ3v) is 10.4. The monoisotopic (exact) mass is 379 g/mol. The first kappa shape index (κ1) is 22.9. The van der Waals surface area contributed by atoms with E-state index in [9.17, 15) is 9.90 Å². The lowest BCUT2D eigenvalue weighted by Crippen LogP contribution is -2.56. The summed E-state index contributed by atoms with van der Waals surface area (Å²) in [5, 5.41) is 9.79. The summed E-state index contributed by atoms with van der Waals surface area (Å²) >= 11 is 0. The van der Waals surface area contributed by atoms with Crippen molar-refractivity contribution >= 4 is 14.3 Å². The minimum Gasteiger partial charge on any atom is -0.480 e. The molecule has 26 heavy (non-hydrogen) atoms. The van der Waals surface area contributed by atoms with E-state index in [1.807, 2.05) is 32.0 Å². The Morgan fingerprint density at radius 1 is 1.19 bits per heavy atom. The van der Waals surface area contributed by atoms with Gasteiger partial charge in [-0.3, -0.25) is 4.79 Å². The van der Waals surface area contributed by atoms with Gasteiger partial charge in [-0.05, 0) is 42.5 Å². The summed E-state index contributed by atoms with van der Waals surface area (Å²) in [5.74, 6) is -1.11. The Balaban J connectivity index is 3.02. The van der Waals surface area contributed by atoms with E-state index in [0.717, 1.165) is 12.8 Å². The van der Waals surface area contributed by atoms with Gasteiger partial charge in [-0.2, -0.15) is 0 Å². The fourth-order valence-corrected chi connectivity index (χ4v) is 4.10. The predicted octanol–water partition coefficient (Wildman–Crippen LogP) is 4.84. The van der Waals surface area contributed by atoms with E-state index in [4.69, 9.17) is 10.2 Å². The van der Waals surface area contributed by atoms with Gasteiger partial charge in [-0.1, -0.05) is 65.0 Å². The summed E-state index contributed by atoms with van der Waals surface area (Å²) in [7, 11) is -2.02. The van der Waals surface area contributed by atoms with Crippen molar-refractivity contribution in [1.29, 1.82) is 0 Å². The van der Waals surface area contributed by atoms with E-state index in [2.05, 4.69) is 46.0 Å². The van der Waals surface area contributed by atoms with Crippen LogP contribution in [0, 0.1) is 5.92 Å². The number of carboxylic acids is 1. The number of rotatable bonds is 9. The van der Waals surface area contributed by atoms with Gasteiger partial charge in [0.1, 0.15) is 5.54 Å². The number of carboxylic acid groups (broad SMARTS) is 1. The molecule has 0 aromatic heterocycles. The quantitative estimate of drug-likeness (QED) is 0.602. The molecule has 1 aromatic carbocycles. The van der Waals surface area contributed by atoms with Gasteiger partial charge in [-0.15, -0.1) is 0 Å². The lowest BCUT2D eigenvalue weighted by molar-refractivity contribution is -0.146. The van der Waals surface area contributed by atoms with Gasteiger partial charge in [0.05, 0.1) is 0 Å². The van der Waals surface area contributed by atoms with Crippen LogP contribution in [0.4, 0.5) is 0 Å². The molecule has 0 saturated heterocycles. The average Bonchev–Trinajstić information content (AvgIpc) is 2.51. The van der Waals surface area contributed by atoms with Crippen molar-refractivity contribution in [3.05, 3.63) is 35.9 Å². The van der Waals surface area contributed by atoms with Crippen molar-refractivity contribution in [1.82, 2.24) is 0 Å². The van der Waals surface area contributed by atoms with Gasteiger partial charge in [-0.25, -0.2) is 0 Å². The molecule has 0 aliphatic heterocycles. The van der Waals surface area contributed by atoms with Gasteiger partial charge in [0, 0.05) is 12.5 Å². The van der Waals surface area contributed by atoms with Crippen molar-refractivity contribution in [2.45, 2.75) is 83.7 Å². The molecule has 0 amide bonds. The Labute approximate surface area is 160 Å². The number of carbonyl (C=O) groups is 1. The Hall–Kier alpha value is -1.17. The molecule has 4 nitrogen and oxygen atoms in total. The second kappa shape index (κ2) is 8.68. The smallest absolute Gasteiger partial charge is 0.324 e. The minimum atomic E-state index is -2.02. The molecule has 0 spiro atoms. The molecule has 0 aliphatic rings. The summed E-state index contributed by atoms with van der Waals surface area (Å²) in [6.07, 6.45) is 1.79. The van der Waals surface area contributed by atoms with Crippen molar-refractivity contribution in [2.24, 2.45) is 11.7 Å². The van der Waals surface area contributed by atoms with Crippen LogP contribution in [0.1, 0.15) is 53.0 Å². The molecule has 0 aliphatic carbocycles. The number of hydrogen-bond acceptors (Lipinski definition) is 3. The molecule has 0 radical (unpaired) electrons. The first-order chi connectivity index (χ1) is 11.8. The van der Waals surface area contributed by atoms with E-state index in [1.165, 1.54) is 5.56 Å². The Kier molecular flexibility index (Phi) is 7.63. The van der Waals surface area contributed by atoms with Crippen LogP contribution in [0.5, 0.6) is 0 Å². The molecule has 2 atom stereocenters. The van der Waals surface area contributed by atoms with Crippen LogP contribution in [0.3, 0.4) is 0 Å². The van der Waals surface area contributed by atoms with Crippen molar-refractivity contribution in [3.8, 4) is 0 Å². The van der Waals surface area contributed by atoms with Crippen LogP contribution in [-0.2, 0) is 15.6 Å². The number of aryl methyl sites for hydroxylation is 1. The number of aliphatic carboxylic acids is 1. The molecular formula is C21H37NO3Si. The van der Waals surface area contributed by atoms with Gasteiger partial charge in [0.25, 0.3) is 0 Å². The molecular weight excluding hydrogens is 342 g/mol. The van der Waals surface area contributed by atoms with Crippen LogP contribution in [0.2, 0.25) is 18.1 Å². The molecule has 0 bridgehead atoms. The third kappa shape index (κ3) is 5.93. The highest BCUT2D eigenvalue weighted by Crippen LogP contribution is 2.39. The normalized spacial score (nSPS) is 16.3. The van der Waals surface area contributed by atoms with Crippen LogP contribution in [-0.4, -0.2) is 31.0 Å². The fraction of sp³-hybridized carbons (Fsp3) is 0.667. The zero-order valence-corrected chi connectivity index (χ0v) is 18.5. The van der Waals surface area contributed by atoms with Crippen LogP contribution in [0.25, 0.3) is 0 Å². The largest absolute Gasteiger partial charge is 0.480 e. The number of benzene rings is 1. The zero-order chi connectivity index (χ0) is 20.2. The molecule has 0 unspecified atom stereocenters. The van der Waals surface area contributed by atoms with E-state index in [0.29, 0.717) is 6.42 Å². The third-order valence-electron chi connectivity index (χ3n) is 5.86. The molecule has 0 heterocycles. The van der Waals surface area contributed by atoms with Crippen LogP contribution < -0.4 is 5.73 Å². The SMILES string of the molecule is CC(C)[C@](N)(C[C@@H](CCc1ccccc1)O[Si](C)(C)C(C)(C)C)C(=O)O. The van der Waals surface area contributed by atoms with Crippen LogP contribution >= 0.6 is 0 Å². The molecule has 3 N–H and O–H groups in total. The average molecular weight is 380 g/mol. The first-order valence-corrected chi connectivity index (χ1v) is 12.4. The van der Waals surface area contributed by atoms with Gasteiger partial charge in [0.2, 0.25) is 0 Å². The van der Waals surface area contributed by atoms with E-state index < -0.39 is 19.8 Å². The highest BCUT2D eigenvalue weighted by Gasteiger charge is 2.44. The maximum atomic E-state index is 11.9. The molecule has 0 fully saturated rings. The summed E-state index contributed by atoms with van der Waals surface area (Å²) in [5.41, 5.74) is 6.28. The zero-order valence-electron chi connectivity index (χ0n) is 17.5. The standard InChI is InChI=1S/C21H37NO3Si/c1-16(2)21(22,19(23)24)15-18(25-26(6,7)20(3,4)5)14-13-17-11-9-8-10-12-17/h8-12,16,18H,13-15,22H2,1-7H3,(H,23,24)/t18-,21-/m1/s1. The van der Waals surface area contributed by atoms with Crippen molar-refractivity contribution in [3.63, 3.8) is 0 Å². The Bertz CT molecular complexity index is 581. The first-order valence-electron chi connectivity index (χ1n) is 9.53. The molecule has 148 valence electrons. The number of nitrogens with two attached hydrogens (primary N) is 1. The second-order valence-corrected chi connectivity index (χ2v) is 14.0. The van der Waals surface area contributed by atoms with Gasteiger partial charge >= 0.3 is 5.97 Å². The van der Waals surface area contributed by atoms with Crippen molar-refractivity contribution in [2.75, 3.05) is 0 Å². The van der Waals surface area contributed by atoms with Gasteiger partial charge < -0.3 is 15.3 Å². The van der Waals surface area contributed by atoms with Crippen LogP contribution in [0.15, 0.2) is 30.3 Å².